The number of benzene rings is 2. The van der Waals surface area contributed by atoms with Gasteiger partial charge in [-0.1, -0.05) is 36.4 Å². The molecule has 28 heavy (non-hydrogen) atoms. The van der Waals surface area contributed by atoms with Crippen molar-refractivity contribution in [1.82, 2.24) is 4.57 Å². The van der Waals surface area contributed by atoms with Crippen molar-refractivity contribution in [3.05, 3.63) is 105 Å². The van der Waals surface area contributed by atoms with Crippen molar-refractivity contribution in [1.29, 1.82) is 5.26 Å². The first kappa shape index (κ1) is 18.2. The van der Waals surface area contributed by atoms with Crippen LogP contribution in [0.25, 0.3) is 0 Å². The van der Waals surface area contributed by atoms with E-state index in [1.54, 1.807) is 10.8 Å². The van der Waals surface area contributed by atoms with Gasteiger partial charge in [0.1, 0.15) is 6.10 Å². The molecule has 0 fully saturated rings. The Morgan fingerprint density at radius 3 is 2.64 bits per heavy atom. The van der Waals surface area contributed by atoms with Crippen molar-refractivity contribution >= 4 is 0 Å². The average molecular weight is 370 g/mol. The summed E-state index contributed by atoms with van der Waals surface area (Å²) in [6.07, 6.45) is 2.07. The summed E-state index contributed by atoms with van der Waals surface area (Å²) in [5.74, 6) is 0. The predicted molar refractivity (Wildman–Crippen MR) is 108 cm³/mol. The highest BCUT2D eigenvalue weighted by atomic mass is 16.5. The first-order valence-corrected chi connectivity index (χ1v) is 9.41. The van der Waals surface area contributed by atoms with Crippen LogP contribution in [0.2, 0.25) is 0 Å². The largest absolute Gasteiger partial charge is 0.362 e. The second-order valence-corrected chi connectivity index (χ2v) is 7.84. The summed E-state index contributed by atoms with van der Waals surface area (Å²) in [4.78, 5) is 13.3. The van der Waals surface area contributed by atoms with Gasteiger partial charge in [-0.25, -0.2) is 0 Å². The molecule has 0 bridgehead atoms. The minimum atomic E-state index is -0.484. The minimum absolute atomic E-state index is 0.0673. The fraction of sp³-hybridized carbons (Fsp3) is 0.250. The summed E-state index contributed by atoms with van der Waals surface area (Å²) >= 11 is 0. The van der Waals surface area contributed by atoms with E-state index in [1.807, 2.05) is 74.5 Å². The molecule has 0 aliphatic carbocycles. The van der Waals surface area contributed by atoms with Gasteiger partial charge < -0.3 is 9.30 Å². The number of rotatable bonds is 3. The zero-order chi connectivity index (χ0) is 19.7. The molecule has 4 nitrogen and oxygen atoms in total. The second-order valence-electron chi connectivity index (χ2n) is 7.84. The third-order valence-electron chi connectivity index (χ3n) is 5.14. The molecule has 140 valence electrons. The number of pyridine rings is 1. The summed E-state index contributed by atoms with van der Waals surface area (Å²) in [6.45, 7) is 4.58. The molecule has 0 spiro atoms. The Bertz CT molecular complexity index is 1110. The van der Waals surface area contributed by atoms with Crippen LogP contribution >= 0.6 is 0 Å². The zero-order valence-electron chi connectivity index (χ0n) is 16.1. The number of hydrogen-bond donors (Lipinski definition) is 0. The van der Waals surface area contributed by atoms with Crippen LogP contribution in [-0.4, -0.2) is 10.2 Å². The molecular weight excluding hydrogens is 348 g/mol. The van der Waals surface area contributed by atoms with E-state index in [4.69, 9.17) is 4.74 Å². The predicted octanol–water partition coefficient (Wildman–Crippen LogP) is 4.21. The van der Waals surface area contributed by atoms with E-state index < -0.39 is 11.7 Å². The van der Waals surface area contributed by atoms with Crippen LogP contribution in [0.3, 0.4) is 0 Å². The lowest BCUT2D eigenvalue weighted by atomic mass is 9.85. The van der Waals surface area contributed by atoms with Crippen LogP contribution in [0, 0.1) is 11.3 Å². The first-order valence-electron chi connectivity index (χ1n) is 9.41. The van der Waals surface area contributed by atoms with Crippen LogP contribution in [0.1, 0.15) is 47.8 Å². The quantitative estimate of drug-likeness (QED) is 0.694. The van der Waals surface area contributed by atoms with E-state index in [0.29, 0.717) is 17.7 Å². The standard InChI is InChI=1S/C24H22N2O2/c1-24(2)14-19-11-10-18(15-25)13-21(19)22(28-24)20-9-6-12-26(23(20)27)16-17-7-4-3-5-8-17/h3-13,22H,14,16H2,1-2H3. The summed E-state index contributed by atoms with van der Waals surface area (Å²) < 4.78 is 8.06. The van der Waals surface area contributed by atoms with Gasteiger partial charge in [0.05, 0.1) is 29.3 Å². The smallest absolute Gasteiger partial charge is 0.257 e. The Morgan fingerprint density at radius 2 is 1.89 bits per heavy atom. The summed E-state index contributed by atoms with van der Waals surface area (Å²) in [5, 5.41) is 9.30. The van der Waals surface area contributed by atoms with E-state index in [9.17, 15) is 10.1 Å². The van der Waals surface area contributed by atoms with E-state index >= 15 is 0 Å². The molecule has 0 saturated heterocycles. The lowest BCUT2D eigenvalue weighted by Gasteiger charge is -2.37. The van der Waals surface area contributed by atoms with Crippen LogP contribution in [0.4, 0.5) is 0 Å². The Labute approximate surface area is 164 Å². The highest BCUT2D eigenvalue weighted by molar-refractivity contribution is 5.44. The Morgan fingerprint density at radius 1 is 1.11 bits per heavy atom. The first-order chi connectivity index (χ1) is 13.5. The van der Waals surface area contributed by atoms with Gasteiger partial charge in [0.25, 0.3) is 5.56 Å². The minimum Gasteiger partial charge on any atom is -0.362 e. The molecule has 1 aliphatic rings. The summed E-state index contributed by atoms with van der Waals surface area (Å²) in [5.41, 5.74) is 3.82. The van der Waals surface area contributed by atoms with Gasteiger partial charge in [0.15, 0.2) is 0 Å². The van der Waals surface area contributed by atoms with Crippen LogP contribution in [-0.2, 0) is 17.7 Å². The SMILES string of the molecule is CC1(C)Cc2ccc(C#N)cc2C(c2cccn(Cc3ccccc3)c2=O)O1. The molecule has 1 unspecified atom stereocenters. The summed E-state index contributed by atoms with van der Waals surface area (Å²) in [6, 6.07) is 21.5. The topological polar surface area (TPSA) is 55.0 Å². The highest BCUT2D eigenvalue weighted by Crippen LogP contribution is 2.39. The molecule has 1 aromatic heterocycles. The van der Waals surface area contributed by atoms with E-state index in [1.165, 1.54) is 0 Å². The monoisotopic (exact) mass is 370 g/mol. The Hall–Kier alpha value is -3.16. The number of aromatic nitrogens is 1. The molecule has 1 atom stereocenters. The summed E-state index contributed by atoms with van der Waals surface area (Å²) in [7, 11) is 0. The lowest BCUT2D eigenvalue weighted by molar-refractivity contribution is -0.0675. The maximum atomic E-state index is 13.3. The zero-order valence-corrected chi connectivity index (χ0v) is 16.1. The molecule has 0 radical (unpaired) electrons. The number of nitrogens with zero attached hydrogens (tertiary/aromatic N) is 2. The number of ether oxygens (including phenoxy) is 1. The van der Waals surface area contributed by atoms with Crippen molar-refractivity contribution in [3.63, 3.8) is 0 Å². The lowest BCUT2D eigenvalue weighted by Crippen LogP contribution is -2.37. The normalized spacial score (nSPS) is 17.5. The van der Waals surface area contributed by atoms with Gasteiger partial charge in [-0.3, -0.25) is 4.79 Å². The molecule has 0 amide bonds. The molecule has 4 heteroatoms. The number of fused-ring (bicyclic) bond motifs is 1. The van der Waals surface area contributed by atoms with Gasteiger partial charge in [-0.05, 0) is 54.8 Å². The van der Waals surface area contributed by atoms with E-state index in [-0.39, 0.29) is 5.56 Å². The average Bonchev–Trinajstić information content (AvgIpc) is 2.69. The maximum Gasteiger partial charge on any atom is 0.257 e. The third kappa shape index (κ3) is 3.49. The van der Waals surface area contributed by atoms with Crippen molar-refractivity contribution < 1.29 is 4.74 Å². The number of nitriles is 1. The van der Waals surface area contributed by atoms with Gasteiger partial charge in [-0.15, -0.1) is 0 Å². The van der Waals surface area contributed by atoms with Gasteiger partial charge in [0.2, 0.25) is 0 Å². The van der Waals surface area contributed by atoms with Crippen molar-refractivity contribution in [2.75, 3.05) is 0 Å². The second kappa shape index (κ2) is 7.10. The molecule has 4 rings (SSSR count). The molecular formula is C24H22N2O2. The molecule has 2 heterocycles. The van der Waals surface area contributed by atoms with E-state index in [2.05, 4.69) is 6.07 Å². The van der Waals surface area contributed by atoms with Crippen molar-refractivity contribution in [2.24, 2.45) is 0 Å². The fourth-order valence-corrected chi connectivity index (χ4v) is 3.84. The molecule has 0 N–H and O–H groups in total. The Kier molecular flexibility index (Phi) is 4.62. The van der Waals surface area contributed by atoms with Crippen molar-refractivity contribution in [2.45, 2.75) is 38.5 Å². The molecule has 0 saturated carbocycles. The van der Waals surface area contributed by atoms with E-state index in [0.717, 1.165) is 23.1 Å². The van der Waals surface area contributed by atoms with Crippen LogP contribution < -0.4 is 5.56 Å². The molecule has 1 aliphatic heterocycles. The highest BCUT2D eigenvalue weighted by Gasteiger charge is 2.35. The van der Waals surface area contributed by atoms with Gasteiger partial charge >= 0.3 is 0 Å². The number of hydrogen-bond acceptors (Lipinski definition) is 3. The van der Waals surface area contributed by atoms with Gasteiger partial charge in [0, 0.05) is 12.6 Å². The maximum absolute atomic E-state index is 13.3. The molecule has 2 aromatic carbocycles. The van der Waals surface area contributed by atoms with Crippen molar-refractivity contribution in [3.8, 4) is 6.07 Å². The Balaban J connectivity index is 1.80. The van der Waals surface area contributed by atoms with Crippen LogP contribution in [0.15, 0.2) is 71.7 Å². The third-order valence-corrected chi connectivity index (χ3v) is 5.14. The van der Waals surface area contributed by atoms with Gasteiger partial charge in [-0.2, -0.15) is 5.26 Å². The fourth-order valence-electron chi connectivity index (χ4n) is 3.84. The molecule has 3 aromatic rings. The van der Waals surface area contributed by atoms with Crippen LogP contribution in [0.5, 0.6) is 0 Å².